The van der Waals surface area contributed by atoms with Crippen LogP contribution in [0, 0.1) is 6.92 Å². The molecule has 2 rings (SSSR count). The number of nitrogens with one attached hydrogen (secondary N) is 1. The summed E-state index contributed by atoms with van der Waals surface area (Å²) in [5, 5.41) is 9.56. The van der Waals surface area contributed by atoms with Crippen LogP contribution in [0.2, 0.25) is 0 Å². The van der Waals surface area contributed by atoms with E-state index in [0.717, 1.165) is 22.8 Å². The molecular weight excluding hydrogens is 394 g/mol. The molecule has 0 aromatic heterocycles. The Morgan fingerprint density at radius 1 is 1.43 bits per heavy atom. The lowest BCUT2D eigenvalue weighted by Crippen LogP contribution is -2.33. The molecule has 1 aromatic rings. The summed E-state index contributed by atoms with van der Waals surface area (Å²) < 4.78 is 28.2. The predicted molar refractivity (Wildman–Crippen MR) is 93.6 cm³/mol. The number of sulfonamides is 1. The van der Waals surface area contributed by atoms with Crippen molar-refractivity contribution in [3.63, 3.8) is 0 Å². The first-order valence-electron chi connectivity index (χ1n) is 6.53. The number of thioether (sulfide) groups is 2. The van der Waals surface area contributed by atoms with Gasteiger partial charge in [0.1, 0.15) is 0 Å². The highest BCUT2D eigenvalue weighted by Crippen LogP contribution is 2.28. The van der Waals surface area contributed by atoms with Crippen LogP contribution in [0.5, 0.6) is 0 Å². The molecule has 1 aromatic carbocycles. The molecule has 1 aliphatic rings. The van der Waals surface area contributed by atoms with E-state index in [0.29, 0.717) is 21.8 Å². The first-order valence-corrected chi connectivity index (χ1v) is 11.0. The van der Waals surface area contributed by atoms with Gasteiger partial charge < -0.3 is 5.11 Å². The minimum absolute atomic E-state index is 0.175. The average molecular weight is 412 g/mol. The normalized spacial score (nSPS) is 19.7. The molecule has 1 unspecified atom stereocenters. The van der Waals surface area contributed by atoms with Crippen molar-refractivity contribution >= 4 is 49.5 Å². The highest BCUT2D eigenvalue weighted by molar-refractivity contribution is 9.10. The lowest BCUT2D eigenvalue weighted by molar-refractivity contribution is 0.281. The average Bonchev–Trinajstić information content (AvgIpc) is 2.48. The van der Waals surface area contributed by atoms with Crippen molar-refractivity contribution in [2.45, 2.75) is 23.7 Å². The minimum atomic E-state index is -3.58. The lowest BCUT2D eigenvalue weighted by Gasteiger charge is -2.21. The van der Waals surface area contributed by atoms with Gasteiger partial charge in [-0.05, 0) is 40.0 Å². The van der Waals surface area contributed by atoms with Crippen LogP contribution >= 0.6 is 39.5 Å². The van der Waals surface area contributed by atoms with E-state index in [1.54, 1.807) is 6.07 Å². The third-order valence-corrected chi connectivity index (χ3v) is 8.75. The van der Waals surface area contributed by atoms with Gasteiger partial charge in [-0.3, -0.25) is 0 Å². The molecule has 1 fully saturated rings. The Morgan fingerprint density at radius 2 is 2.19 bits per heavy atom. The monoisotopic (exact) mass is 411 g/mol. The summed E-state index contributed by atoms with van der Waals surface area (Å²) in [4.78, 5) is 0.194. The standard InChI is InChI=1S/C13H18BrNO3S3/c1-9-4-10(7-16)5-12(13(9)14)21(17,18)15-6-11-8-19-2-3-20-11/h4-5,11,15-16H,2-3,6-8H2,1H3. The van der Waals surface area contributed by atoms with E-state index in [1.807, 2.05) is 30.4 Å². The minimum Gasteiger partial charge on any atom is -0.392 e. The SMILES string of the molecule is Cc1cc(CO)cc(S(=O)(=O)NCC2CSCCS2)c1Br. The summed E-state index contributed by atoms with van der Waals surface area (Å²) >= 11 is 7.01. The number of aliphatic hydroxyl groups excluding tert-OH is 1. The molecular formula is C13H18BrNO3S3. The van der Waals surface area contributed by atoms with E-state index < -0.39 is 10.0 Å². The fourth-order valence-corrected chi connectivity index (χ4v) is 6.90. The summed E-state index contributed by atoms with van der Waals surface area (Å²) in [6.07, 6.45) is 0. The van der Waals surface area contributed by atoms with Crippen molar-refractivity contribution in [2.24, 2.45) is 0 Å². The van der Waals surface area contributed by atoms with Gasteiger partial charge in [-0.1, -0.05) is 6.07 Å². The summed E-state index contributed by atoms with van der Waals surface area (Å²) in [6, 6.07) is 3.29. The molecule has 0 radical (unpaired) electrons. The van der Waals surface area contributed by atoms with Crippen molar-refractivity contribution in [2.75, 3.05) is 23.8 Å². The molecule has 8 heteroatoms. The highest BCUT2D eigenvalue weighted by atomic mass is 79.9. The Kier molecular flexibility index (Phi) is 6.46. The van der Waals surface area contributed by atoms with E-state index >= 15 is 0 Å². The Hall–Kier alpha value is 0.270. The van der Waals surface area contributed by atoms with Crippen LogP contribution in [0.1, 0.15) is 11.1 Å². The molecule has 118 valence electrons. The second-order valence-corrected chi connectivity index (χ2v) is 9.89. The van der Waals surface area contributed by atoms with Crippen LogP contribution in [-0.2, 0) is 16.6 Å². The van der Waals surface area contributed by atoms with Crippen LogP contribution in [0.25, 0.3) is 0 Å². The summed E-state index contributed by atoms with van der Waals surface area (Å²) in [7, 11) is -3.58. The summed E-state index contributed by atoms with van der Waals surface area (Å²) in [6.45, 7) is 2.08. The number of aryl methyl sites for hydroxylation is 1. The molecule has 0 saturated carbocycles. The third-order valence-electron chi connectivity index (χ3n) is 3.14. The van der Waals surface area contributed by atoms with Gasteiger partial charge in [-0.15, -0.1) is 0 Å². The Labute approximate surface area is 142 Å². The zero-order valence-electron chi connectivity index (χ0n) is 11.6. The second-order valence-electron chi connectivity index (χ2n) is 4.80. The Balaban J connectivity index is 2.16. The third kappa shape index (κ3) is 4.62. The van der Waals surface area contributed by atoms with E-state index in [9.17, 15) is 13.5 Å². The van der Waals surface area contributed by atoms with E-state index in [1.165, 1.54) is 6.07 Å². The fourth-order valence-electron chi connectivity index (χ4n) is 2.03. The maximum Gasteiger partial charge on any atom is 0.241 e. The molecule has 1 saturated heterocycles. The van der Waals surface area contributed by atoms with Gasteiger partial charge in [-0.25, -0.2) is 13.1 Å². The molecule has 1 aliphatic heterocycles. The molecule has 0 amide bonds. The van der Waals surface area contributed by atoms with Crippen LogP contribution in [-0.4, -0.2) is 42.6 Å². The molecule has 0 spiro atoms. The van der Waals surface area contributed by atoms with E-state index in [4.69, 9.17) is 0 Å². The zero-order chi connectivity index (χ0) is 15.5. The number of hydrogen-bond donors (Lipinski definition) is 2. The molecule has 1 heterocycles. The van der Waals surface area contributed by atoms with Gasteiger partial charge in [0.05, 0.1) is 11.5 Å². The summed E-state index contributed by atoms with van der Waals surface area (Å²) in [5.74, 6) is 3.18. The van der Waals surface area contributed by atoms with Gasteiger partial charge in [-0.2, -0.15) is 23.5 Å². The fraction of sp³-hybridized carbons (Fsp3) is 0.538. The maximum atomic E-state index is 12.5. The smallest absolute Gasteiger partial charge is 0.241 e. The van der Waals surface area contributed by atoms with Crippen LogP contribution in [0.3, 0.4) is 0 Å². The number of benzene rings is 1. The Bertz CT molecular complexity index is 601. The van der Waals surface area contributed by atoms with Gasteiger partial charge in [0.2, 0.25) is 10.0 Å². The van der Waals surface area contributed by atoms with E-state index in [-0.39, 0.29) is 11.5 Å². The molecule has 0 bridgehead atoms. The van der Waals surface area contributed by atoms with Crippen molar-refractivity contribution in [3.8, 4) is 0 Å². The largest absolute Gasteiger partial charge is 0.392 e. The molecule has 1 atom stereocenters. The first-order chi connectivity index (χ1) is 9.94. The van der Waals surface area contributed by atoms with Crippen molar-refractivity contribution in [1.82, 2.24) is 4.72 Å². The quantitative estimate of drug-likeness (QED) is 0.778. The number of hydrogen-bond acceptors (Lipinski definition) is 5. The van der Waals surface area contributed by atoms with Crippen molar-refractivity contribution in [3.05, 3.63) is 27.7 Å². The van der Waals surface area contributed by atoms with E-state index in [2.05, 4.69) is 20.7 Å². The van der Waals surface area contributed by atoms with Crippen LogP contribution in [0.15, 0.2) is 21.5 Å². The number of halogens is 1. The van der Waals surface area contributed by atoms with Gasteiger partial charge in [0.25, 0.3) is 0 Å². The zero-order valence-corrected chi connectivity index (χ0v) is 15.7. The summed E-state index contributed by atoms with van der Waals surface area (Å²) in [5.41, 5.74) is 1.39. The Morgan fingerprint density at radius 3 is 2.81 bits per heavy atom. The van der Waals surface area contributed by atoms with Gasteiger partial charge in [0, 0.05) is 33.5 Å². The molecule has 0 aliphatic carbocycles. The lowest BCUT2D eigenvalue weighted by atomic mass is 10.1. The van der Waals surface area contributed by atoms with Crippen molar-refractivity contribution < 1.29 is 13.5 Å². The molecule has 2 N–H and O–H groups in total. The number of aliphatic hydroxyl groups is 1. The molecule has 4 nitrogen and oxygen atoms in total. The number of rotatable bonds is 5. The van der Waals surface area contributed by atoms with Gasteiger partial charge >= 0.3 is 0 Å². The van der Waals surface area contributed by atoms with Gasteiger partial charge in [0.15, 0.2) is 0 Å². The van der Waals surface area contributed by atoms with Crippen LogP contribution < -0.4 is 4.72 Å². The predicted octanol–water partition coefficient (Wildman–Crippen LogP) is 2.38. The highest BCUT2D eigenvalue weighted by Gasteiger charge is 2.22. The topological polar surface area (TPSA) is 66.4 Å². The maximum absolute atomic E-state index is 12.5. The van der Waals surface area contributed by atoms with Crippen molar-refractivity contribution in [1.29, 1.82) is 0 Å². The first kappa shape index (κ1) is 17.6. The second kappa shape index (κ2) is 7.70. The molecule has 21 heavy (non-hydrogen) atoms. The van der Waals surface area contributed by atoms with Crippen LogP contribution in [0.4, 0.5) is 0 Å².